The molecule has 3 aromatic rings. The minimum Gasteiger partial charge on any atom is -0.458 e. The number of likely N-dealkylation sites (N-methyl/N-ethyl adjacent to an activating group) is 1. The van der Waals surface area contributed by atoms with Crippen molar-refractivity contribution < 1.29 is 14.3 Å². The molecule has 0 spiro atoms. The van der Waals surface area contributed by atoms with Crippen LogP contribution in [0, 0.1) is 0 Å². The summed E-state index contributed by atoms with van der Waals surface area (Å²) < 4.78 is 7.17. The number of anilines is 1. The van der Waals surface area contributed by atoms with Gasteiger partial charge in [0, 0.05) is 17.0 Å². The van der Waals surface area contributed by atoms with Gasteiger partial charge in [-0.1, -0.05) is 48.3 Å². The number of ether oxygens (including phenoxy) is 1. The Balaban J connectivity index is 1.79. The predicted octanol–water partition coefficient (Wildman–Crippen LogP) is 2.76. The Morgan fingerprint density at radius 3 is 2.74 bits per heavy atom. The number of para-hydroxylation sites is 1. The molecule has 0 bridgehead atoms. The number of fused-ring (bicyclic) bond motifs is 2. The highest BCUT2D eigenvalue weighted by Gasteiger charge is 2.37. The Morgan fingerprint density at radius 2 is 2.03 bits per heavy atom. The third-order valence-electron chi connectivity index (χ3n) is 5.83. The maximum absolute atomic E-state index is 13.9. The maximum Gasteiger partial charge on any atom is 0.338 e. The standard InChI is InChI=1S/C25H21N3O4S2/c1-4-12-32-24(31)18-14(3)26-25-28(20(18)17-11-8-13-33-17)23(30)21(34-25)19-15-9-6-7-10-16(15)27(5-2)22(19)29/h4,6-11,13,20H,1,5,12H2,2-3H3/b21-19-. The number of thiophene rings is 1. The number of allylic oxidation sites excluding steroid dienone is 1. The maximum atomic E-state index is 13.9. The Labute approximate surface area is 203 Å². The van der Waals surface area contributed by atoms with Crippen LogP contribution < -0.4 is 19.8 Å². The van der Waals surface area contributed by atoms with Crippen LogP contribution >= 0.6 is 22.7 Å². The van der Waals surface area contributed by atoms with Gasteiger partial charge < -0.3 is 9.64 Å². The molecule has 0 saturated carbocycles. The number of thiazole rings is 1. The second-order valence-corrected chi connectivity index (χ2v) is 9.70. The number of carbonyl (C=O) groups is 2. The smallest absolute Gasteiger partial charge is 0.338 e. The minimum absolute atomic E-state index is 0.0550. The molecule has 0 saturated heterocycles. The number of benzene rings is 1. The third kappa shape index (κ3) is 3.31. The average Bonchev–Trinajstić information content (AvgIpc) is 3.53. The second kappa shape index (κ2) is 8.66. The molecule has 4 heterocycles. The van der Waals surface area contributed by atoms with E-state index in [9.17, 15) is 14.4 Å². The van der Waals surface area contributed by atoms with Crippen LogP contribution in [0.25, 0.3) is 5.57 Å². The van der Waals surface area contributed by atoms with Crippen molar-refractivity contribution in [1.82, 2.24) is 4.57 Å². The van der Waals surface area contributed by atoms with Crippen molar-refractivity contribution in [2.75, 3.05) is 18.1 Å². The largest absolute Gasteiger partial charge is 0.458 e. The number of hydrogen-bond donors (Lipinski definition) is 0. The first-order valence-corrected chi connectivity index (χ1v) is 12.4. The van der Waals surface area contributed by atoms with Crippen molar-refractivity contribution in [2.45, 2.75) is 19.9 Å². The fourth-order valence-electron chi connectivity index (χ4n) is 4.37. The highest BCUT2D eigenvalue weighted by Crippen LogP contribution is 2.36. The van der Waals surface area contributed by atoms with Crippen molar-refractivity contribution >= 4 is 45.8 Å². The molecule has 0 fully saturated rings. The van der Waals surface area contributed by atoms with Crippen molar-refractivity contribution in [2.24, 2.45) is 4.99 Å². The van der Waals surface area contributed by atoms with Gasteiger partial charge in [0.05, 0.1) is 22.5 Å². The van der Waals surface area contributed by atoms with Crippen LogP contribution in [0.2, 0.25) is 0 Å². The third-order valence-corrected chi connectivity index (χ3v) is 7.81. The SMILES string of the molecule is C=CCOC(=O)C1=C(C)N=c2s/c(=C3\C(=O)N(CC)c4ccccc43)c(=O)n2C1c1cccs1. The zero-order chi connectivity index (χ0) is 24.0. The van der Waals surface area contributed by atoms with E-state index in [1.54, 1.807) is 11.8 Å². The van der Waals surface area contributed by atoms with Crippen molar-refractivity contribution in [3.8, 4) is 0 Å². The van der Waals surface area contributed by atoms with Crippen LogP contribution in [0.5, 0.6) is 0 Å². The molecule has 1 atom stereocenters. The van der Waals surface area contributed by atoms with Crippen molar-refractivity contribution in [3.05, 3.63) is 95.8 Å². The van der Waals surface area contributed by atoms with Gasteiger partial charge in [-0.25, -0.2) is 9.79 Å². The number of carbonyl (C=O) groups excluding carboxylic acids is 2. The van der Waals surface area contributed by atoms with E-state index in [4.69, 9.17) is 4.74 Å². The number of rotatable bonds is 5. The van der Waals surface area contributed by atoms with Gasteiger partial charge in [0.15, 0.2) is 4.80 Å². The molecule has 7 nitrogen and oxygen atoms in total. The van der Waals surface area contributed by atoms with E-state index in [0.717, 1.165) is 16.1 Å². The molecule has 1 unspecified atom stereocenters. The molecule has 172 valence electrons. The van der Waals surface area contributed by atoms with Gasteiger partial charge in [0.1, 0.15) is 17.2 Å². The first kappa shape index (κ1) is 22.2. The molecule has 1 aromatic carbocycles. The molecule has 2 aliphatic heterocycles. The van der Waals surface area contributed by atoms with Crippen LogP contribution in [-0.2, 0) is 14.3 Å². The summed E-state index contributed by atoms with van der Waals surface area (Å²) in [4.78, 5) is 47.7. The predicted molar refractivity (Wildman–Crippen MR) is 133 cm³/mol. The molecular weight excluding hydrogens is 470 g/mol. The Hall–Kier alpha value is -3.56. The number of esters is 1. The molecule has 34 heavy (non-hydrogen) atoms. The minimum atomic E-state index is -0.683. The molecular formula is C25H21N3O4S2. The average molecular weight is 492 g/mol. The highest BCUT2D eigenvalue weighted by molar-refractivity contribution is 7.10. The van der Waals surface area contributed by atoms with Crippen LogP contribution in [0.15, 0.2) is 75.5 Å². The molecule has 5 rings (SSSR count). The van der Waals surface area contributed by atoms with E-state index in [1.165, 1.54) is 33.3 Å². The summed E-state index contributed by atoms with van der Waals surface area (Å²) in [7, 11) is 0. The molecule has 2 aliphatic rings. The van der Waals surface area contributed by atoms with Crippen LogP contribution in [-0.4, -0.2) is 29.6 Å². The molecule has 0 radical (unpaired) electrons. The van der Waals surface area contributed by atoms with E-state index >= 15 is 0 Å². The Kier molecular flexibility index (Phi) is 5.66. The van der Waals surface area contributed by atoms with E-state index in [-0.39, 0.29) is 18.1 Å². The summed E-state index contributed by atoms with van der Waals surface area (Å²) >= 11 is 2.62. The zero-order valence-electron chi connectivity index (χ0n) is 18.6. The lowest BCUT2D eigenvalue weighted by Crippen LogP contribution is -2.40. The van der Waals surface area contributed by atoms with Crippen molar-refractivity contribution in [3.63, 3.8) is 0 Å². The lowest BCUT2D eigenvalue weighted by atomic mass is 10.0. The van der Waals surface area contributed by atoms with Crippen LogP contribution in [0.4, 0.5) is 5.69 Å². The summed E-state index contributed by atoms with van der Waals surface area (Å²) in [6.07, 6.45) is 1.49. The summed E-state index contributed by atoms with van der Waals surface area (Å²) in [5, 5.41) is 1.89. The van der Waals surface area contributed by atoms with Gasteiger partial charge in [0.25, 0.3) is 11.5 Å². The molecule has 0 N–H and O–H groups in total. The second-order valence-electron chi connectivity index (χ2n) is 7.75. The fraction of sp³-hybridized carbons (Fsp3) is 0.200. The first-order chi connectivity index (χ1) is 16.5. The first-order valence-electron chi connectivity index (χ1n) is 10.8. The van der Waals surface area contributed by atoms with Gasteiger partial charge in [-0.3, -0.25) is 14.2 Å². The highest BCUT2D eigenvalue weighted by atomic mass is 32.1. The van der Waals surface area contributed by atoms with Crippen molar-refractivity contribution in [1.29, 1.82) is 0 Å². The summed E-state index contributed by atoms with van der Waals surface area (Å²) in [6.45, 7) is 7.78. The van der Waals surface area contributed by atoms with Gasteiger partial charge >= 0.3 is 5.97 Å². The number of aromatic nitrogens is 1. The topological polar surface area (TPSA) is 81.0 Å². The van der Waals surface area contributed by atoms with Crippen LogP contribution in [0.3, 0.4) is 0 Å². The molecule has 1 amide bonds. The number of amides is 1. The molecule has 0 aliphatic carbocycles. The molecule has 9 heteroatoms. The quantitative estimate of drug-likeness (QED) is 0.406. The van der Waals surface area contributed by atoms with E-state index in [1.807, 2.05) is 48.7 Å². The van der Waals surface area contributed by atoms with Crippen LogP contribution in [0.1, 0.15) is 30.3 Å². The molecule has 2 aromatic heterocycles. The monoisotopic (exact) mass is 491 g/mol. The summed E-state index contributed by atoms with van der Waals surface area (Å²) in [6, 6.07) is 10.5. The summed E-state index contributed by atoms with van der Waals surface area (Å²) in [5.74, 6) is -0.750. The fourth-order valence-corrected chi connectivity index (χ4v) is 6.34. The van der Waals surface area contributed by atoms with E-state index in [0.29, 0.717) is 32.7 Å². The van der Waals surface area contributed by atoms with Gasteiger partial charge in [0.2, 0.25) is 0 Å². The van der Waals surface area contributed by atoms with Gasteiger partial charge in [-0.05, 0) is 31.4 Å². The summed E-state index contributed by atoms with van der Waals surface area (Å²) in [5.41, 5.74) is 2.34. The Bertz CT molecular complexity index is 1540. The lowest BCUT2D eigenvalue weighted by Gasteiger charge is -2.23. The van der Waals surface area contributed by atoms with Gasteiger partial charge in [-0.15, -0.1) is 11.3 Å². The zero-order valence-corrected chi connectivity index (χ0v) is 20.2. The lowest BCUT2D eigenvalue weighted by molar-refractivity contribution is -0.138. The van der Waals surface area contributed by atoms with Gasteiger partial charge in [-0.2, -0.15) is 0 Å². The van der Waals surface area contributed by atoms with E-state index < -0.39 is 12.0 Å². The number of hydrogen-bond acceptors (Lipinski definition) is 7. The number of nitrogens with zero attached hydrogens (tertiary/aromatic N) is 3. The Morgan fingerprint density at radius 1 is 1.24 bits per heavy atom. The normalized spacial score (nSPS) is 18.5. The van der Waals surface area contributed by atoms with E-state index in [2.05, 4.69) is 11.6 Å².